The maximum Gasteiger partial charge on any atom is 0.0848 e. The fraction of sp³-hybridized carbons (Fsp3) is 0.357. The predicted molar refractivity (Wildman–Crippen MR) is 80.4 cm³/mol. The van der Waals surface area contributed by atoms with Crippen LogP contribution in [0.1, 0.15) is 23.9 Å². The first kappa shape index (κ1) is 14.4. The van der Waals surface area contributed by atoms with E-state index in [2.05, 4.69) is 5.10 Å². The molecule has 0 radical (unpaired) electrons. The number of halogens is 2. The lowest BCUT2D eigenvalue weighted by atomic mass is 10.1. The molecular weight excluding hydrogens is 281 g/mol. The van der Waals surface area contributed by atoms with Gasteiger partial charge in [0, 0.05) is 11.1 Å². The Labute approximate surface area is 123 Å². The minimum absolute atomic E-state index is 0.0893. The molecular formula is C14H17Cl2N3. The van der Waals surface area contributed by atoms with Crippen LogP contribution in [0.3, 0.4) is 0 Å². The number of aryl methyl sites for hydroxylation is 1. The van der Waals surface area contributed by atoms with E-state index in [9.17, 15) is 0 Å². The lowest BCUT2D eigenvalue weighted by molar-refractivity contribution is 0.737. The van der Waals surface area contributed by atoms with Gasteiger partial charge < -0.3 is 5.73 Å². The van der Waals surface area contributed by atoms with E-state index in [1.807, 2.05) is 39.0 Å². The van der Waals surface area contributed by atoms with Crippen LogP contribution in [-0.4, -0.2) is 15.8 Å². The zero-order valence-corrected chi connectivity index (χ0v) is 12.8. The van der Waals surface area contributed by atoms with Crippen molar-refractivity contribution in [2.24, 2.45) is 5.73 Å². The van der Waals surface area contributed by atoms with Gasteiger partial charge >= 0.3 is 0 Å². The van der Waals surface area contributed by atoms with Crippen LogP contribution >= 0.6 is 23.2 Å². The highest BCUT2D eigenvalue weighted by molar-refractivity contribution is 6.32. The van der Waals surface area contributed by atoms with E-state index in [0.29, 0.717) is 10.0 Å². The molecule has 102 valence electrons. The third-order valence-electron chi connectivity index (χ3n) is 3.03. The van der Waals surface area contributed by atoms with E-state index in [4.69, 9.17) is 28.9 Å². The molecule has 1 aromatic carbocycles. The van der Waals surface area contributed by atoms with Crippen LogP contribution < -0.4 is 5.73 Å². The number of aromatic nitrogens is 2. The molecule has 2 rings (SSSR count). The van der Waals surface area contributed by atoms with Crippen LogP contribution in [0.5, 0.6) is 0 Å². The Balaban J connectivity index is 2.41. The Morgan fingerprint density at radius 1 is 1.32 bits per heavy atom. The molecule has 5 heteroatoms. The van der Waals surface area contributed by atoms with Crippen LogP contribution in [0.4, 0.5) is 0 Å². The summed E-state index contributed by atoms with van der Waals surface area (Å²) in [5, 5.41) is 5.81. The van der Waals surface area contributed by atoms with Gasteiger partial charge in [-0.15, -0.1) is 0 Å². The summed E-state index contributed by atoms with van der Waals surface area (Å²) in [6.07, 6.45) is 0.761. The monoisotopic (exact) mass is 297 g/mol. The molecule has 0 saturated carbocycles. The summed E-state index contributed by atoms with van der Waals surface area (Å²) >= 11 is 12.4. The molecule has 2 aromatic rings. The van der Waals surface area contributed by atoms with Crippen molar-refractivity contribution in [1.29, 1.82) is 0 Å². The van der Waals surface area contributed by atoms with Crippen molar-refractivity contribution >= 4 is 23.2 Å². The second kappa shape index (κ2) is 5.53. The fourth-order valence-corrected chi connectivity index (χ4v) is 2.43. The lowest BCUT2D eigenvalue weighted by Gasteiger charge is -2.10. The van der Waals surface area contributed by atoms with Crippen LogP contribution in [-0.2, 0) is 6.42 Å². The number of nitrogens with zero attached hydrogens (tertiary/aromatic N) is 2. The van der Waals surface area contributed by atoms with Crippen molar-refractivity contribution in [3.8, 4) is 5.69 Å². The maximum atomic E-state index is 6.29. The molecule has 2 N–H and O–H groups in total. The zero-order valence-electron chi connectivity index (χ0n) is 11.2. The normalized spacial score (nSPS) is 12.7. The largest absolute Gasteiger partial charge is 0.328 e. The van der Waals surface area contributed by atoms with Gasteiger partial charge in [0.1, 0.15) is 0 Å². The Morgan fingerprint density at radius 2 is 2.00 bits per heavy atom. The first-order valence-corrected chi connectivity index (χ1v) is 6.92. The lowest BCUT2D eigenvalue weighted by Crippen LogP contribution is -2.18. The van der Waals surface area contributed by atoms with E-state index in [1.54, 1.807) is 4.68 Å². The highest BCUT2D eigenvalue weighted by Gasteiger charge is 2.12. The van der Waals surface area contributed by atoms with E-state index in [-0.39, 0.29) is 6.04 Å². The molecule has 0 aliphatic heterocycles. The van der Waals surface area contributed by atoms with E-state index >= 15 is 0 Å². The molecule has 19 heavy (non-hydrogen) atoms. The fourth-order valence-electron chi connectivity index (χ4n) is 2.06. The summed E-state index contributed by atoms with van der Waals surface area (Å²) in [6, 6.07) is 5.96. The van der Waals surface area contributed by atoms with Crippen molar-refractivity contribution in [2.45, 2.75) is 33.2 Å². The number of nitrogens with two attached hydrogens (primary N) is 1. The molecule has 0 aliphatic rings. The summed E-state index contributed by atoms with van der Waals surface area (Å²) in [4.78, 5) is 0. The first-order chi connectivity index (χ1) is 8.90. The average molecular weight is 298 g/mol. The van der Waals surface area contributed by atoms with Crippen LogP contribution in [0.25, 0.3) is 5.69 Å². The van der Waals surface area contributed by atoms with Crippen molar-refractivity contribution in [3.63, 3.8) is 0 Å². The molecule has 0 amide bonds. The Hall–Kier alpha value is -1.03. The third-order valence-corrected chi connectivity index (χ3v) is 3.92. The number of rotatable bonds is 3. The minimum Gasteiger partial charge on any atom is -0.328 e. The number of hydrogen-bond donors (Lipinski definition) is 1. The van der Waals surface area contributed by atoms with Gasteiger partial charge in [-0.05, 0) is 44.9 Å². The summed E-state index contributed by atoms with van der Waals surface area (Å²) in [7, 11) is 0. The molecule has 0 saturated heterocycles. The quantitative estimate of drug-likeness (QED) is 0.939. The average Bonchev–Trinajstić information content (AvgIpc) is 2.59. The van der Waals surface area contributed by atoms with Crippen LogP contribution in [0.2, 0.25) is 10.0 Å². The van der Waals surface area contributed by atoms with Crippen molar-refractivity contribution in [3.05, 3.63) is 45.2 Å². The maximum absolute atomic E-state index is 6.29. The van der Waals surface area contributed by atoms with Crippen molar-refractivity contribution in [1.82, 2.24) is 9.78 Å². The molecule has 1 atom stereocenters. The molecule has 1 heterocycles. The number of hydrogen-bond acceptors (Lipinski definition) is 2. The van der Waals surface area contributed by atoms with E-state index in [0.717, 1.165) is 29.1 Å². The van der Waals surface area contributed by atoms with E-state index in [1.165, 1.54) is 0 Å². The van der Waals surface area contributed by atoms with Gasteiger partial charge in [-0.3, -0.25) is 0 Å². The highest BCUT2D eigenvalue weighted by atomic mass is 35.5. The predicted octanol–water partition coefficient (Wildman–Crippen LogP) is 3.69. The Kier molecular flexibility index (Phi) is 4.19. The zero-order chi connectivity index (χ0) is 14.2. The first-order valence-electron chi connectivity index (χ1n) is 6.16. The SMILES string of the molecule is Cc1nn(-c2ccc(CC(C)N)c(Cl)c2)c(C)c1Cl. The topological polar surface area (TPSA) is 43.8 Å². The molecule has 1 unspecified atom stereocenters. The number of benzene rings is 1. The molecule has 0 aliphatic carbocycles. The summed E-state index contributed by atoms with van der Waals surface area (Å²) < 4.78 is 1.80. The van der Waals surface area contributed by atoms with Gasteiger partial charge in [-0.25, -0.2) is 4.68 Å². The van der Waals surface area contributed by atoms with Crippen molar-refractivity contribution < 1.29 is 0 Å². The second-order valence-electron chi connectivity index (χ2n) is 4.85. The third kappa shape index (κ3) is 2.94. The Bertz CT molecular complexity index is 603. The minimum atomic E-state index is 0.0893. The second-order valence-corrected chi connectivity index (χ2v) is 5.64. The van der Waals surface area contributed by atoms with Gasteiger partial charge in [-0.1, -0.05) is 29.3 Å². The molecule has 0 bridgehead atoms. The molecule has 0 spiro atoms. The smallest absolute Gasteiger partial charge is 0.0848 e. The summed E-state index contributed by atoms with van der Waals surface area (Å²) in [6.45, 7) is 5.79. The molecule has 0 fully saturated rings. The summed E-state index contributed by atoms with van der Waals surface area (Å²) in [5.41, 5.74) is 9.48. The van der Waals surface area contributed by atoms with Gasteiger partial charge in [0.15, 0.2) is 0 Å². The molecule has 3 nitrogen and oxygen atoms in total. The van der Waals surface area contributed by atoms with Crippen LogP contribution in [0.15, 0.2) is 18.2 Å². The van der Waals surface area contributed by atoms with Gasteiger partial charge in [0.05, 0.1) is 22.1 Å². The van der Waals surface area contributed by atoms with Crippen molar-refractivity contribution in [2.75, 3.05) is 0 Å². The Morgan fingerprint density at radius 3 is 2.47 bits per heavy atom. The van der Waals surface area contributed by atoms with Gasteiger partial charge in [-0.2, -0.15) is 5.10 Å². The van der Waals surface area contributed by atoms with Crippen LogP contribution in [0, 0.1) is 13.8 Å². The standard InChI is InChI=1S/C14H17Cl2N3/c1-8(17)6-11-4-5-12(7-13(11)15)19-10(3)14(16)9(2)18-19/h4-5,7-8H,6,17H2,1-3H3. The summed E-state index contributed by atoms with van der Waals surface area (Å²) in [5.74, 6) is 0. The highest BCUT2D eigenvalue weighted by Crippen LogP contribution is 2.25. The molecule has 1 aromatic heterocycles. The van der Waals surface area contributed by atoms with Gasteiger partial charge in [0.2, 0.25) is 0 Å². The van der Waals surface area contributed by atoms with E-state index < -0.39 is 0 Å². The van der Waals surface area contributed by atoms with Gasteiger partial charge in [0.25, 0.3) is 0 Å².